The quantitative estimate of drug-likeness (QED) is 0.882. The van der Waals surface area contributed by atoms with E-state index in [9.17, 15) is 19.4 Å². The van der Waals surface area contributed by atoms with Gasteiger partial charge in [0.05, 0.1) is 9.89 Å². The Morgan fingerprint density at radius 1 is 1.35 bits per heavy atom. The number of benzene rings is 1. The van der Waals surface area contributed by atoms with E-state index in [2.05, 4.69) is 15.9 Å². The second-order valence-corrected chi connectivity index (χ2v) is 5.15. The molecular formula is C12H12BrFO3. The first-order chi connectivity index (χ1) is 7.99. The van der Waals surface area contributed by atoms with Crippen LogP contribution in [0.25, 0.3) is 0 Å². The predicted molar refractivity (Wildman–Crippen MR) is 63.5 cm³/mol. The Morgan fingerprint density at radius 3 is 2.47 bits per heavy atom. The minimum absolute atomic E-state index is 0.0671. The maximum absolute atomic E-state index is 14.0. The van der Waals surface area contributed by atoms with Crippen LogP contribution in [0.3, 0.4) is 0 Å². The second-order valence-electron chi connectivity index (χ2n) is 4.35. The maximum atomic E-state index is 14.0. The number of carboxylic acid groups (broad SMARTS) is 1. The molecule has 1 aromatic carbocycles. The van der Waals surface area contributed by atoms with Gasteiger partial charge in [-0.15, -0.1) is 0 Å². The second kappa shape index (κ2) is 4.29. The molecule has 1 aliphatic carbocycles. The molecule has 17 heavy (non-hydrogen) atoms. The zero-order chi connectivity index (χ0) is 12.6. The summed E-state index contributed by atoms with van der Waals surface area (Å²) in [5.74, 6) is -1.88. The lowest BCUT2D eigenvalue weighted by molar-refractivity contribution is -0.143. The van der Waals surface area contributed by atoms with Crippen molar-refractivity contribution in [1.29, 1.82) is 0 Å². The van der Waals surface area contributed by atoms with Gasteiger partial charge < -0.3 is 10.2 Å². The van der Waals surface area contributed by atoms with Crippen molar-refractivity contribution >= 4 is 21.9 Å². The molecular weight excluding hydrogens is 291 g/mol. The first-order valence-corrected chi connectivity index (χ1v) is 6.19. The highest BCUT2D eigenvalue weighted by Gasteiger charge is 2.45. The van der Waals surface area contributed by atoms with Crippen LogP contribution in [0.2, 0.25) is 0 Å². The molecule has 0 aliphatic heterocycles. The van der Waals surface area contributed by atoms with Gasteiger partial charge in [0.15, 0.2) is 0 Å². The van der Waals surface area contributed by atoms with Gasteiger partial charge in [0.25, 0.3) is 0 Å². The van der Waals surface area contributed by atoms with E-state index in [-0.39, 0.29) is 15.8 Å². The van der Waals surface area contributed by atoms with Crippen molar-refractivity contribution < 1.29 is 19.4 Å². The normalized spacial score (nSPS) is 18.2. The van der Waals surface area contributed by atoms with E-state index in [0.29, 0.717) is 12.8 Å². The molecule has 0 spiro atoms. The Labute approximate surface area is 106 Å². The number of hydrogen-bond acceptors (Lipinski definition) is 2. The third kappa shape index (κ3) is 1.82. The molecule has 2 rings (SSSR count). The van der Waals surface area contributed by atoms with Gasteiger partial charge in [0.1, 0.15) is 11.6 Å². The minimum Gasteiger partial charge on any atom is -0.507 e. The van der Waals surface area contributed by atoms with Crippen LogP contribution in [0.15, 0.2) is 16.6 Å². The predicted octanol–water partition coefficient (Wildman–Crippen LogP) is 3.19. The molecule has 0 radical (unpaired) electrons. The number of phenols is 1. The smallest absolute Gasteiger partial charge is 0.314 e. The third-order valence-electron chi connectivity index (χ3n) is 3.44. The number of aromatic hydroxyl groups is 1. The third-order valence-corrected chi connectivity index (χ3v) is 4.20. The molecule has 92 valence electrons. The van der Waals surface area contributed by atoms with E-state index < -0.39 is 17.2 Å². The molecule has 0 bridgehead atoms. The van der Waals surface area contributed by atoms with Crippen LogP contribution in [0.4, 0.5) is 4.39 Å². The van der Waals surface area contributed by atoms with Crippen molar-refractivity contribution in [1.82, 2.24) is 0 Å². The van der Waals surface area contributed by atoms with Crippen LogP contribution in [-0.2, 0) is 10.2 Å². The number of carbonyl (C=O) groups is 1. The molecule has 0 saturated heterocycles. The molecule has 0 aromatic heterocycles. The summed E-state index contributed by atoms with van der Waals surface area (Å²) < 4.78 is 14.0. The molecule has 1 saturated carbocycles. The first kappa shape index (κ1) is 12.4. The summed E-state index contributed by atoms with van der Waals surface area (Å²) in [4.78, 5) is 11.4. The van der Waals surface area contributed by atoms with Crippen molar-refractivity contribution in [3.8, 4) is 5.75 Å². The summed E-state index contributed by atoms with van der Waals surface area (Å²) in [6.45, 7) is 0. The van der Waals surface area contributed by atoms with Crippen LogP contribution in [-0.4, -0.2) is 16.2 Å². The number of carboxylic acids is 1. The van der Waals surface area contributed by atoms with E-state index in [1.54, 1.807) is 0 Å². The Balaban J connectivity index is 2.59. The first-order valence-electron chi connectivity index (χ1n) is 5.40. The van der Waals surface area contributed by atoms with Gasteiger partial charge in [0, 0.05) is 5.56 Å². The number of phenolic OH excluding ortho intramolecular Hbond substituents is 1. The Kier molecular flexibility index (Phi) is 3.12. The van der Waals surface area contributed by atoms with Gasteiger partial charge >= 0.3 is 5.97 Å². The van der Waals surface area contributed by atoms with Crippen LogP contribution in [0, 0.1) is 5.82 Å². The van der Waals surface area contributed by atoms with E-state index in [4.69, 9.17) is 0 Å². The van der Waals surface area contributed by atoms with Crippen LogP contribution in [0.1, 0.15) is 31.2 Å². The van der Waals surface area contributed by atoms with Crippen LogP contribution < -0.4 is 0 Å². The lowest BCUT2D eigenvalue weighted by atomic mass is 9.78. The number of rotatable bonds is 2. The summed E-state index contributed by atoms with van der Waals surface area (Å²) in [6.07, 6.45) is 2.45. The fourth-order valence-electron chi connectivity index (χ4n) is 2.49. The Bertz CT molecular complexity index is 467. The molecule has 0 unspecified atom stereocenters. The molecule has 0 atom stereocenters. The van der Waals surface area contributed by atoms with Crippen molar-refractivity contribution in [2.75, 3.05) is 0 Å². The highest BCUT2D eigenvalue weighted by molar-refractivity contribution is 9.10. The van der Waals surface area contributed by atoms with Crippen molar-refractivity contribution in [2.24, 2.45) is 0 Å². The Morgan fingerprint density at radius 2 is 1.94 bits per heavy atom. The summed E-state index contributed by atoms with van der Waals surface area (Å²) in [7, 11) is 0. The average Bonchev–Trinajstić information content (AvgIpc) is 2.76. The van der Waals surface area contributed by atoms with Crippen LogP contribution in [0.5, 0.6) is 5.75 Å². The van der Waals surface area contributed by atoms with E-state index >= 15 is 0 Å². The van der Waals surface area contributed by atoms with Crippen LogP contribution >= 0.6 is 15.9 Å². The van der Waals surface area contributed by atoms with Gasteiger partial charge in [-0.05, 0) is 34.8 Å². The molecule has 0 heterocycles. The average molecular weight is 303 g/mol. The zero-order valence-corrected chi connectivity index (χ0v) is 10.6. The molecule has 3 nitrogen and oxygen atoms in total. The number of hydrogen-bond donors (Lipinski definition) is 2. The highest BCUT2D eigenvalue weighted by Crippen LogP contribution is 2.44. The van der Waals surface area contributed by atoms with Gasteiger partial charge in [-0.2, -0.15) is 0 Å². The largest absolute Gasteiger partial charge is 0.507 e. The van der Waals surface area contributed by atoms with Gasteiger partial charge in [0.2, 0.25) is 0 Å². The summed E-state index contributed by atoms with van der Waals surface area (Å²) in [5, 5.41) is 18.7. The van der Waals surface area contributed by atoms with Crippen molar-refractivity contribution in [3.05, 3.63) is 28.0 Å². The molecule has 1 fully saturated rings. The monoisotopic (exact) mass is 302 g/mol. The molecule has 1 aliphatic rings. The van der Waals surface area contributed by atoms with E-state index in [0.717, 1.165) is 12.8 Å². The standard InChI is InChI=1S/C12H12BrFO3/c13-9-8(15)4-3-7(10(9)14)12(11(16)17)5-1-2-6-12/h3-4,15H,1-2,5-6H2,(H,16,17). The highest BCUT2D eigenvalue weighted by atomic mass is 79.9. The van der Waals surface area contributed by atoms with E-state index in [1.165, 1.54) is 12.1 Å². The SMILES string of the molecule is O=C(O)C1(c2ccc(O)c(Br)c2F)CCCC1. The lowest BCUT2D eigenvalue weighted by Gasteiger charge is -2.25. The maximum Gasteiger partial charge on any atom is 0.314 e. The fraction of sp³-hybridized carbons (Fsp3) is 0.417. The number of halogens is 2. The van der Waals surface area contributed by atoms with Crippen molar-refractivity contribution in [2.45, 2.75) is 31.1 Å². The van der Waals surface area contributed by atoms with Crippen molar-refractivity contribution in [3.63, 3.8) is 0 Å². The van der Waals surface area contributed by atoms with Gasteiger partial charge in [-0.25, -0.2) is 4.39 Å². The molecule has 1 aromatic rings. The fourth-order valence-corrected chi connectivity index (χ4v) is 2.83. The zero-order valence-electron chi connectivity index (χ0n) is 9.04. The summed E-state index contributed by atoms with van der Waals surface area (Å²) in [5.41, 5.74) is -0.979. The van der Waals surface area contributed by atoms with Gasteiger partial charge in [-0.1, -0.05) is 18.9 Å². The lowest BCUT2D eigenvalue weighted by Crippen LogP contribution is -2.33. The minimum atomic E-state index is -1.14. The summed E-state index contributed by atoms with van der Waals surface area (Å²) in [6, 6.07) is 2.69. The Hall–Kier alpha value is -1.10. The number of aliphatic carboxylic acids is 1. The van der Waals surface area contributed by atoms with E-state index in [1.807, 2.05) is 0 Å². The topological polar surface area (TPSA) is 57.5 Å². The molecule has 0 amide bonds. The molecule has 5 heteroatoms. The molecule has 2 N–H and O–H groups in total. The summed E-state index contributed by atoms with van der Waals surface area (Å²) >= 11 is 2.93. The van der Waals surface area contributed by atoms with Gasteiger partial charge in [-0.3, -0.25) is 4.79 Å².